The van der Waals surface area contributed by atoms with Gasteiger partial charge >= 0.3 is 0 Å². The van der Waals surface area contributed by atoms with Crippen LogP contribution in [0, 0.1) is 6.92 Å². The molecule has 0 aliphatic carbocycles. The second-order valence-electron chi connectivity index (χ2n) is 4.43. The quantitative estimate of drug-likeness (QED) is 0.615. The van der Waals surface area contributed by atoms with Crippen molar-refractivity contribution in [1.82, 2.24) is 20.2 Å². The summed E-state index contributed by atoms with van der Waals surface area (Å²) in [4.78, 5) is 23.0. The third kappa shape index (κ3) is 3.11. The predicted octanol–water partition coefficient (Wildman–Crippen LogP) is 1.61. The monoisotopic (exact) mass is 290 g/mol. The number of rotatable bonds is 5. The van der Waals surface area contributed by atoms with Gasteiger partial charge in [-0.3, -0.25) is 9.59 Å². The molecule has 1 aromatic carbocycles. The summed E-state index contributed by atoms with van der Waals surface area (Å²) >= 11 is 1.07. The molecule has 0 saturated heterocycles. The zero-order chi connectivity index (χ0) is 14.7. The molecule has 2 rings (SSSR count). The number of thioether (sulfide) groups is 1. The average Bonchev–Trinajstić information content (AvgIpc) is 2.84. The lowest BCUT2D eigenvalue weighted by Crippen LogP contribution is -2.22. The van der Waals surface area contributed by atoms with E-state index in [0.717, 1.165) is 23.0 Å². The van der Waals surface area contributed by atoms with Crippen LogP contribution in [0.5, 0.6) is 0 Å². The smallest absolute Gasteiger partial charge is 0.215 e. The van der Waals surface area contributed by atoms with Crippen molar-refractivity contribution in [1.29, 1.82) is 0 Å². The standard InChI is InChI=1S/C13H14N4O2S/c1-8-4-6-11(7-5-8)17-13(14-15-16-17)20-12(9(2)18)10(3)19/h4-7,12H,1-3H3. The highest BCUT2D eigenvalue weighted by atomic mass is 32.2. The van der Waals surface area contributed by atoms with Gasteiger partial charge in [0.25, 0.3) is 0 Å². The molecule has 20 heavy (non-hydrogen) atoms. The number of aromatic nitrogens is 4. The van der Waals surface area contributed by atoms with E-state index in [9.17, 15) is 9.59 Å². The molecule has 6 nitrogen and oxygen atoms in total. The van der Waals surface area contributed by atoms with Crippen LogP contribution in [0.3, 0.4) is 0 Å². The van der Waals surface area contributed by atoms with Gasteiger partial charge in [0.05, 0.1) is 5.69 Å². The second kappa shape index (κ2) is 5.96. The summed E-state index contributed by atoms with van der Waals surface area (Å²) in [6, 6.07) is 7.65. The molecule has 0 bridgehead atoms. The molecule has 1 aromatic heterocycles. The summed E-state index contributed by atoms with van der Waals surface area (Å²) < 4.78 is 1.52. The number of benzene rings is 1. The fourth-order valence-corrected chi connectivity index (χ4v) is 2.53. The number of hydrogen-bond donors (Lipinski definition) is 0. The van der Waals surface area contributed by atoms with Gasteiger partial charge in [-0.15, -0.1) is 5.10 Å². The minimum Gasteiger partial charge on any atom is -0.298 e. The Hall–Kier alpha value is -2.02. The molecule has 0 spiro atoms. The van der Waals surface area contributed by atoms with Gasteiger partial charge in [0.15, 0.2) is 11.6 Å². The zero-order valence-corrected chi connectivity index (χ0v) is 12.2. The molecule has 104 valence electrons. The van der Waals surface area contributed by atoms with Crippen LogP contribution in [0.2, 0.25) is 0 Å². The van der Waals surface area contributed by atoms with Gasteiger partial charge in [0.1, 0.15) is 5.25 Å². The first kappa shape index (κ1) is 14.4. The van der Waals surface area contributed by atoms with E-state index < -0.39 is 5.25 Å². The van der Waals surface area contributed by atoms with Gasteiger partial charge in [0.2, 0.25) is 5.16 Å². The van der Waals surface area contributed by atoms with Crippen LogP contribution in [0.4, 0.5) is 0 Å². The molecule has 7 heteroatoms. The Morgan fingerprint density at radius 3 is 2.30 bits per heavy atom. The van der Waals surface area contributed by atoms with E-state index in [2.05, 4.69) is 15.5 Å². The first-order valence-corrected chi connectivity index (χ1v) is 6.90. The van der Waals surface area contributed by atoms with Crippen molar-refractivity contribution >= 4 is 23.3 Å². The molecule has 2 aromatic rings. The van der Waals surface area contributed by atoms with E-state index in [0.29, 0.717) is 5.16 Å². The molecule has 0 fully saturated rings. The highest BCUT2D eigenvalue weighted by Gasteiger charge is 2.24. The van der Waals surface area contributed by atoms with Crippen molar-refractivity contribution in [2.75, 3.05) is 0 Å². The summed E-state index contributed by atoms with van der Waals surface area (Å²) in [6.45, 7) is 4.76. The summed E-state index contributed by atoms with van der Waals surface area (Å²) in [5, 5.41) is 11.0. The van der Waals surface area contributed by atoms with Crippen molar-refractivity contribution in [3.63, 3.8) is 0 Å². The van der Waals surface area contributed by atoms with Crippen molar-refractivity contribution in [3.8, 4) is 5.69 Å². The van der Waals surface area contributed by atoms with Gasteiger partial charge < -0.3 is 0 Å². The Morgan fingerprint density at radius 2 is 1.75 bits per heavy atom. The van der Waals surface area contributed by atoms with Gasteiger partial charge in [0, 0.05) is 0 Å². The number of tetrazole rings is 1. The number of carbonyl (C=O) groups is 2. The first-order chi connectivity index (χ1) is 9.49. The van der Waals surface area contributed by atoms with Gasteiger partial charge in [-0.05, 0) is 43.3 Å². The van der Waals surface area contributed by atoms with E-state index in [1.54, 1.807) is 0 Å². The van der Waals surface area contributed by atoms with E-state index >= 15 is 0 Å². The predicted molar refractivity (Wildman–Crippen MR) is 74.9 cm³/mol. The van der Waals surface area contributed by atoms with Crippen molar-refractivity contribution in [2.24, 2.45) is 0 Å². The minimum absolute atomic E-state index is 0.207. The van der Waals surface area contributed by atoms with E-state index in [1.807, 2.05) is 31.2 Å². The number of carbonyl (C=O) groups excluding carboxylic acids is 2. The van der Waals surface area contributed by atoms with Gasteiger partial charge in [-0.2, -0.15) is 4.68 Å². The number of aryl methyl sites for hydroxylation is 1. The summed E-state index contributed by atoms with van der Waals surface area (Å²) in [5.41, 5.74) is 1.91. The zero-order valence-electron chi connectivity index (χ0n) is 11.4. The van der Waals surface area contributed by atoms with Crippen LogP contribution in [-0.4, -0.2) is 37.0 Å². The van der Waals surface area contributed by atoms with Crippen LogP contribution in [0.15, 0.2) is 29.4 Å². The molecule has 1 heterocycles. The summed E-state index contributed by atoms with van der Waals surface area (Å²) in [6.07, 6.45) is 0. The Labute approximate surface area is 120 Å². The van der Waals surface area contributed by atoms with Crippen LogP contribution >= 0.6 is 11.8 Å². The van der Waals surface area contributed by atoms with Gasteiger partial charge in [-0.1, -0.05) is 29.5 Å². The summed E-state index contributed by atoms with van der Waals surface area (Å²) in [7, 11) is 0. The van der Waals surface area contributed by atoms with Crippen molar-refractivity contribution in [2.45, 2.75) is 31.2 Å². The second-order valence-corrected chi connectivity index (χ2v) is 5.50. The largest absolute Gasteiger partial charge is 0.298 e. The molecule has 0 amide bonds. The molecule has 0 saturated carbocycles. The first-order valence-electron chi connectivity index (χ1n) is 6.02. The number of hydrogen-bond acceptors (Lipinski definition) is 6. The van der Waals surface area contributed by atoms with Crippen molar-refractivity contribution < 1.29 is 9.59 Å². The third-order valence-electron chi connectivity index (χ3n) is 2.68. The Morgan fingerprint density at radius 1 is 1.15 bits per heavy atom. The lowest BCUT2D eigenvalue weighted by molar-refractivity contribution is -0.123. The molecule has 0 unspecified atom stereocenters. The molecular formula is C13H14N4O2S. The van der Waals surface area contributed by atoms with Crippen LogP contribution in [0.1, 0.15) is 19.4 Å². The molecule has 0 aliphatic heterocycles. The average molecular weight is 290 g/mol. The molecular weight excluding hydrogens is 276 g/mol. The van der Waals surface area contributed by atoms with Gasteiger partial charge in [-0.25, -0.2) is 0 Å². The van der Waals surface area contributed by atoms with Crippen molar-refractivity contribution in [3.05, 3.63) is 29.8 Å². The Bertz CT molecular complexity index is 622. The third-order valence-corrected chi connectivity index (χ3v) is 4.05. The van der Waals surface area contributed by atoms with E-state index in [-0.39, 0.29) is 11.6 Å². The minimum atomic E-state index is -0.773. The molecule has 0 atom stereocenters. The van der Waals surface area contributed by atoms with E-state index in [1.165, 1.54) is 18.5 Å². The number of ketones is 2. The lowest BCUT2D eigenvalue weighted by Gasteiger charge is -2.09. The lowest BCUT2D eigenvalue weighted by atomic mass is 10.2. The van der Waals surface area contributed by atoms with Crippen LogP contribution < -0.4 is 0 Å². The fourth-order valence-electron chi connectivity index (χ4n) is 1.66. The number of nitrogens with zero attached hydrogens (tertiary/aromatic N) is 4. The molecule has 0 aliphatic rings. The van der Waals surface area contributed by atoms with Crippen LogP contribution in [0.25, 0.3) is 5.69 Å². The summed E-state index contributed by atoms with van der Waals surface area (Å²) in [5.74, 6) is -0.415. The van der Waals surface area contributed by atoms with Crippen LogP contribution in [-0.2, 0) is 9.59 Å². The Kier molecular flexibility index (Phi) is 4.29. The normalized spacial score (nSPS) is 10.8. The SMILES string of the molecule is CC(=O)C(Sc1nnnn1-c1ccc(C)cc1)C(C)=O. The maximum absolute atomic E-state index is 11.5. The number of Topliss-reactive ketones (excluding diaryl/α,β-unsaturated/α-hetero) is 2. The molecule has 0 radical (unpaired) electrons. The molecule has 0 N–H and O–H groups in total. The highest BCUT2D eigenvalue weighted by molar-refractivity contribution is 8.01. The maximum Gasteiger partial charge on any atom is 0.215 e. The topological polar surface area (TPSA) is 77.7 Å². The Balaban J connectivity index is 2.31. The van der Waals surface area contributed by atoms with E-state index in [4.69, 9.17) is 0 Å². The highest BCUT2D eigenvalue weighted by Crippen LogP contribution is 2.24. The maximum atomic E-state index is 11.5. The fraction of sp³-hybridized carbons (Fsp3) is 0.308.